The van der Waals surface area contributed by atoms with Crippen molar-refractivity contribution < 1.29 is 4.74 Å². The van der Waals surface area contributed by atoms with Crippen molar-refractivity contribution in [3.8, 4) is 12.3 Å². The Morgan fingerprint density at radius 3 is 3.16 bits per heavy atom. The molecule has 1 unspecified atom stereocenters. The lowest BCUT2D eigenvalue weighted by molar-refractivity contribution is 0.0315. The van der Waals surface area contributed by atoms with Gasteiger partial charge >= 0.3 is 0 Å². The average Bonchev–Trinajstić information content (AvgIpc) is 2.80. The van der Waals surface area contributed by atoms with E-state index in [1.165, 1.54) is 10.9 Å². The molecule has 5 nitrogen and oxygen atoms in total. The molecule has 1 N–H and O–H groups in total. The zero-order chi connectivity index (χ0) is 13.9. The second-order valence-electron chi connectivity index (χ2n) is 4.79. The highest BCUT2D eigenvalue weighted by Crippen LogP contribution is 2.26. The Balaban J connectivity index is 2.18. The van der Waals surface area contributed by atoms with Gasteiger partial charge in [-0.2, -0.15) is 5.10 Å². The molecule has 0 saturated carbocycles. The van der Waals surface area contributed by atoms with Crippen LogP contribution in [-0.2, 0) is 11.3 Å². The van der Waals surface area contributed by atoms with E-state index in [4.69, 9.17) is 22.8 Å². The van der Waals surface area contributed by atoms with Crippen LogP contribution in [0.5, 0.6) is 0 Å². The van der Waals surface area contributed by atoms with Gasteiger partial charge in [-0.3, -0.25) is 4.79 Å². The summed E-state index contributed by atoms with van der Waals surface area (Å²) in [5.41, 5.74) is -0.244. The van der Waals surface area contributed by atoms with Crippen LogP contribution in [0, 0.1) is 12.3 Å². The van der Waals surface area contributed by atoms with Crippen molar-refractivity contribution in [3.05, 3.63) is 21.6 Å². The van der Waals surface area contributed by atoms with E-state index in [2.05, 4.69) is 16.3 Å². The summed E-state index contributed by atoms with van der Waals surface area (Å²) in [4.78, 5) is 12.1. The van der Waals surface area contributed by atoms with Crippen molar-refractivity contribution in [1.82, 2.24) is 9.78 Å². The second-order valence-corrected chi connectivity index (χ2v) is 5.20. The molecular weight excluding hydrogens is 266 g/mol. The zero-order valence-corrected chi connectivity index (χ0v) is 11.5. The van der Waals surface area contributed by atoms with Gasteiger partial charge in [-0.15, -0.1) is 6.42 Å². The highest BCUT2D eigenvalue weighted by atomic mass is 35.5. The molecule has 6 heteroatoms. The third-order valence-corrected chi connectivity index (χ3v) is 3.46. The lowest BCUT2D eigenvalue weighted by Crippen LogP contribution is -2.35. The topological polar surface area (TPSA) is 56.1 Å². The number of ether oxygens (including phenoxy) is 1. The Morgan fingerprint density at radius 2 is 2.53 bits per heavy atom. The Kier molecular flexibility index (Phi) is 4.13. The van der Waals surface area contributed by atoms with Crippen LogP contribution in [0.4, 0.5) is 5.69 Å². The van der Waals surface area contributed by atoms with Gasteiger partial charge < -0.3 is 10.1 Å². The van der Waals surface area contributed by atoms with Crippen LogP contribution in [0.25, 0.3) is 0 Å². The number of aromatic nitrogens is 2. The van der Waals surface area contributed by atoms with E-state index in [1.54, 1.807) is 0 Å². The Labute approximate surface area is 116 Å². The Hall–Kier alpha value is -1.51. The van der Waals surface area contributed by atoms with E-state index in [0.717, 1.165) is 19.4 Å². The number of hydrogen-bond donors (Lipinski definition) is 1. The highest BCUT2D eigenvalue weighted by Gasteiger charge is 2.30. The largest absolute Gasteiger partial charge is 0.376 e. The van der Waals surface area contributed by atoms with Crippen molar-refractivity contribution in [2.75, 3.05) is 18.5 Å². The fourth-order valence-electron chi connectivity index (χ4n) is 2.08. The Bertz CT molecular complexity index is 556. The minimum absolute atomic E-state index is 0.123. The van der Waals surface area contributed by atoms with Gasteiger partial charge in [-0.25, -0.2) is 4.68 Å². The number of nitrogens with zero attached hydrogens (tertiary/aromatic N) is 2. The summed E-state index contributed by atoms with van der Waals surface area (Å²) in [6.07, 6.45) is 8.60. The molecule has 1 fully saturated rings. The van der Waals surface area contributed by atoms with Crippen molar-refractivity contribution in [2.24, 2.45) is 0 Å². The van der Waals surface area contributed by atoms with Gasteiger partial charge in [0.2, 0.25) is 0 Å². The molecule has 1 aromatic heterocycles. The molecule has 0 bridgehead atoms. The van der Waals surface area contributed by atoms with E-state index < -0.39 is 0 Å². The predicted octanol–water partition coefficient (Wildman–Crippen LogP) is 1.51. The van der Waals surface area contributed by atoms with Gasteiger partial charge in [-0.1, -0.05) is 17.5 Å². The molecule has 1 aromatic rings. The number of rotatable bonds is 4. The molecule has 0 amide bonds. The fraction of sp³-hybridized carbons (Fsp3) is 0.538. The molecule has 0 spiro atoms. The van der Waals surface area contributed by atoms with Gasteiger partial charge in [0.05, 0.1) is 16.8 Å². The summed E-state index contributed by atoms with van der Waals surface area (Å²) < 4.78 is 6.86. The smallest absolute Gasteiger partial charge is 0.292 e. The van der Waals surface area contributed by atoms with Crippen LogP contribution >= 0.6 is 11.6 Å². The van der Waals surface area contributed by atoms with Gasteiger partial charge in [-0.05, 0) is 19.8 Å². The van der Waals surface area contributed by atoms with E-state index in [1.807, 2.05) is 6.92 Å². The minimum Gasteiger partial charge on any atom is -0.376 e. The SMILES string of the molecule is C#CCn1ncc(Cl)c(NCC2(C)CCCO2)c1=O. The van der Waals surface area contributed by atoms with E-state index in [-0.39, 0.29) is 17.7 Å². The lowest BCUT2D eigenvalue weighted by Gasteiger charge is -2.24. The molecule has 1 atom stereocenters. The fourth-order valence-corrected chi connectivity index (χ4v) is 2.27. The van der Waals surface area contributed by atoms with Crippen LogP contribution in [0.1, 0.15) is 19.8 Å². The molecule has 2 rings (SSSR count). The molecule has 1 aliphatic rings. The summed E-state index contributed by atoms with van der Waals surface area (Å²) in [5.74, 6) is 2.38. The molecule has 0 aliphatic carbocycles. The van der Waals surface area contributed by atoms with Crippen molar-refractivity contribution in [2.45, 2.75) is 31.9 Å². The number of halogens is 1. The quantitative estimate of drug-likeness (QED) is 0.850. The maximum Gasteiger partial charge on any atom is 0.292 e. The van der Waals surface area contributed by atoms with E-state index in [9.17, 15) is 4.79 Å². The first-order valence-corrected chi connectivity index (χ1v) is 6.50. The number of terminal acetylenes is 1. The summed E-state index contributed by atoms with van der Waals surface area (Å²) in [7, 11) is 0. The highest BCUT2D eigenvalue weighted by molar-refractivity contribution is 6.32. The van der Waals surface area contributed by atoms with Crippen molar-refractivity contribution >= 4 is 17.3 Å². The third kappa shape index (κ3) is 3.09. The number of anilines is 1. The molecule has 19 heavy (non-hydrogen) atoms. The summed E-state index contributed by atoms with van der Waals surface area (Å²) in [6, 6.07) is 0. The molecule has 2 heterocycles. The van der Waals surface area contributed by atoms with Crippen LogP contribution < -0.4 is 10.9 Å². The van der Waals surface area contributed by atoms with Gasteiger partial charge in [0.15, 0.2) is 0 Å². The van der Waals surface area contributed by atoms with E-state index in [0.29, 0.717) is 17.3 Å². The molecule has 102 valence electrons. The standard InChI is InChI=1S/C13H16ClN3O2/c1-3-6-17-12(18)11(10(14)8-16-17)15-9-13(2)5-4-7-19-13/h1,8,15H,4-7,9H2,2H3. The average molecular weight is 282 g/mol. The second kappa shape index (κ2) is 5.64. The van der Waals surface area contributed by atoms with Crippen molar-refractivity contribution in [3.63, 3.8) is 0 Å². The van der Waals surface area contributed by atoms with Crippen molar-refractivity contribution in [1.29, 1.82) is 0 Å². The summed E-state index contributed by atoms with van der Waals surface area (Å²) in [6.45, 7) is 3.42. The first-order valence-electron chi connectivity index (χ1n) is 6.13. The molecule has 0 radical (unpaired) electrons. The van der Waals surface area contributed by atoms with Gasteiger partial charge in [0, 0.05) is 13.2 Å². The van der Waals surface area contributed by atoms with Crippen LogP contribution in [0.15, 0.2) is 11.0 Å². The molecular formula is C13H16ClN3O2. The summed E-state index contributed by atoms with van der Waals surface area (Å²) in [5, 5.41) is 7.24. The lowest BCUT2D eigenvalue weighted by atomic mass is 10.0. The summed E-state index contributed by atoms with van der Waals surface area (Å²) >= 11 is 6.00. The number of hydrogen-bond acceptors (Lipinski definition) is 4. The maximum absolute atomic E-state index is 12.1. The minimum atomic E-state index is -0.313. The molecule has 0 aromatic carbocycles. The zero-order valence-electron chi connectivity index (χ0n) is 10.8. The van der Waals surface area contributed by atoms with Gasteiger partial charge in [0.25, 0.3) is 5.56 Å². The Morgan fingerprint density at radius 1 is 1.74 bits per heavy atom. The predicted molar refractivity (Wildman–Crippen MR) is 74.4 cm³/mol. The monoisotopic (exact) mass is 281 g/mol. The van der Waals surface area contributed by atoms with Crippen LogP contribution in [0.3, 0.4) is 0 Å². The van der Waals surface area contributed by atoms with Crippen LogP contribution in [0.2, 0.25) is 5.02 Å². The van der Waals surface area contributed by atoms with E-state index >= 15 is 0 Å². The first kappa shape index (κ1) is 13.9. The maximum atomic E-state index is 12.1. The van der Waals surface area contributed by atoms with Crippen LogP contribution in [-0.4, -0.2) is 28.5 Å². The first-order chi connectivity index (χ1) is 9.06. The normalized spacial score (nSPS) is 22.2. The number of nitrogens with one attached hydrogen (secondary N) is 1. The third-order valence-electron chi connectivity index (χ3n) is 3.18. The molecule has 1 aliphatic heterocycles. The molecule has 1 saturated heterocycles. The van der Waals surface area contributed by atoms with Gasteiger partial charge in [0.1, 0.15) is 12.2 Å².